The van der Waals surface area contributed by atoms with Crippen molar-refractivity contribution in [3.8, 4) is 5.75 Å². The fourth-order valence-corrected chi connectivity index (χ4v) is 6.20. The maximum Gasteiger partial charge on any atom is 0.243 e. The van der Waals surface area contributed by atoms with Crippen LogP contribution in [0, 0.1) is 13.8 Å². The molecule has 0 radical (unpaired) electrons. The van der Waals surface area contributed by atoms with Crippen LogP contribution in [0.5, 0.6) is 5.75 Å². The van der Waals surface area contributed by atoms with Gasteiger partial charge in [-0.3, -0.25) is 4.90 Å². The van der Waals surface area contributed by atoms with Gasteiger partial charge in [-0.05, 0) is 48.2 Å². The number of sulfonamides is 1. The molecule has 0 bridgehead atoms. The van der Waals surface area contributed by atoms with Crippen molar-refractivity contribution < 1.29 is 13.2 Å². The summed E-state index contributed by atoms with van der Waals surface area (Å²) >= 11 is 0. The second-order valence-electron chi connectivity index (χ2n) is 8.18. The van der Waals surface area contributed by atoms with Crippen LogP contribution < -0.4 is 4.74 Å². The molecule has 0 spiro atoms. The quantitative estimate of drug-likeness (QED) is 0.558. The predicted molar refractivity (Wildman–Crippen MR) is 128 cm³/mol. The standard InChI is InChI=1S/C26H30N2O3S/c1-20-21(2)25(15-14-24(20)31-3)32(29,30)28-18-16-27(17-19-28)26(22-10-6-4-7-11-22)23-12-8-5-9-13-23/h4-15,26H,16-19H2,1-3H3. The first-order valence-corrected chi connectivity index (χ1v) is 12.4. The molecule has 1 saturated heterocycles. The molecule has 6 heteroatoms. The van der Waals surface area contributed by atoms with E-state index in [4.69, 9.17) is 4.74 Å². The van der Waals surface area contributed by atoms with Crippen molar-refractivity contribution in [1.82, 2.24) is 9.21 Å². The summed E-state index contributed by atoms with van der Waals surface area (Å²) in [7, 11) is -1.97. The number of ether oxygens (including phenoxy) is 1. The fraction of sp³-hybridized carbons (Fsp3) is 0.308. The van der Waals surface area contributed by atoms with Crippen LogP contribution in [0.1, 0.15) is 28.3 Å². The monoisotopic (exact) mass is 450 g/mol. The minimum absolute atomic E-state index is 0.104. The van der Waals surface area contributed by atoms with Crippen molar-refractivity contribution in [1.29, 1.82) is 0 Å². The molecule has 1 fully saturated rings. The van der Waals surface area contributed by atoms with Crippen molar-refractivity contribution >= 4 is 10.0 Å². The van der Waals surface area contributed by atoms with E-state index < -0.39 is 10.0 Å². The summed E-state index contributed by atoms with van der Waals surface area (Å²) in [5.41, 5.74) is 4.05. The molecule has 0 aliphatic carbocycles. The number of hydrogen-bond donors (Lipinski definition) is 0. The zero-order valence-electron chi connectivity index (χ0n) is 18.9. The Labute approximate surface area is 191 Å². The molecule has 4 rings (SSSR count). The van der Waals surface area contributed by atoms with Crippen molar-refractivity contribution in [2.24, 2.45) is 0 Å². The largest absolute Gasteiger partial charge is 0.496 e. The zero-order valence-corrected chi connectivity index (χ0v) is 19.7. The summed E-state index contributed by atoms with van der Waals surface area (Å²) < 4.78 is 33.9. The van der Waals surface area contributed by atoms with Crippen molar-refractivity contribution in [3.05, 3.63) is 95.1 Å². The molecular weight excluding hydrogens is 420 g/mol. The number of nitrogens with zero attached hydrogens (tertiary/aromatic N) is 2. The first kappa shape index (κ1) is 22.5. The van der Waals surface area contributed by atoms with Crippen LogP contribution in [0.4, 0.5) is 0 Å². The van der Waals surface area contributed by atoms with Crippen molar-refractivity contribution in [2.75, 3.05) is 33.3 Å². The smallest absolute Gasteiger partial charge is 0.243 e. The topological polar surface area (TPSA) is 49.9 Å². The van der Waals surface area contributed by atoms with E-state index >= 15 is 0 Å². The zero-order chi connectivity index (χ0) is 22.7. The molecular formula is C26H30N2O3S. The summed E-state index contributed by atoms with van der Waals surface area (Å²) in [6.07, 6.45) is 0. The van der Waals surface area contributed by atoms with Crippen LogP contribution in [0.15, 0.2) is 77.7 Å². The van der Waals surface area contributed by atoms with Crippen molar-refractivity contribution in [2.45, 2.75) is 24.8 Å². The Bertz CT molecular complexity index is 1120. The Balaban J connectivity index is 1.57. The van der Waals surface area contributed by atoms with Gasteiger partial charge in [0.25, 0.3) is 0 Å². The summed E-state index contributed by atoms with van der Waals surface area (Å²) in [5, 5.41) is 0. The average molecular weight is 451 g/mol. The predicted octanol–water partition coefficient (Wildman–Crippen LogP) is 4.41. The molecule has 0 amide bonds. The molecule has 3 aromatic rings. The maximum atomic E-state index is 13.4. The van der Waals surface area contributed by atoms with E-state index in [-0.39, 0.29) is 6.04 Å². The van der Waals surface area contributed by atoms with E-state index in [2.05, 4.69) is 53.4 Å². The van der Waals surface area contributed by atoms with Crippen molar-refractivity contribution in [3.63, 3.8) is 0 Å². The van der Waals surface area contributed by atoms with Gasteiger partial charge in [0.1, 0.15) is 5.75 Å². The number of benzene rings is 3. The first-order chi connectivity index (χ1) is 15.4. The van der Waals surface area contributed by atoms with Gasteiger partial charge in [-0.25, -0.2) is 8.42 Å². The molecule has 32 heavy (non-hydrogen) atoms. The van der Waals surface area contributed by atoms with Crippen LogP contribution >= 0.6 is 0 Å². The lowest BCUT2D eigenvalue weighted by molar-refractivity contribution is 0.156. The number of piperazine rings is 1. The number of methoxy groups -OCH3 is 1. The molecule has 0 saturated carbocycles. The van der Waals surface area contributed by atoms with E-state index in [1.165, 1.54) is 11.1 Å². The molecule has 5 nitrogen and oxygen atoms in total. The van der Waals surface area contributed by atoms with Gasteiger partial charge in [0.05, 0.1) is 18.0 Å². The molecule has 0 atom stereocenters. The highest BCUT2D eigenvalue weighted by atomic mass is 32.2. The summed E-state index contributed by atoms with van der Waals surface area (Å²) in [6.45, 7) is 6.01. The molecule has 1 aliphatic rings. The van der Waals surface area contributed by atoms with Gasteiger partial charge in [0.15, 0.2) is 0 Å². The van der Waals surface area contributed by atoms with Gasteiger partial charge in [0.2, 0.25) is 10.0 Å². The Hall–Kier alpha value is -2.67. The Morgan fingerprint density at radius 1 is 0.750 bits per heavy atom. The number of hydrogen-bond acceptors (Lipinski definition) is 4. The van der Waals surface area contributed by atoms with E-state index in [0.29, 0.717) is 36.8 Å². The molecule has 0 N–H and O–H groups in total. The van der Waals surface area contributed by atoms with Crippen LogP contribution in [0.25, 0.3) is 0 Å². The number of rotatable bonds is 6. The van der Waals surface area contributed by atoms with Crippen LogP contribution in [0.2, 0.25) is 0 Å². The Morgan fingerprint density at radius 2 is 1.28 bits per heavy atom. The normalized spacial score (nSPS) is 15.8. The van der Waals surface area contributed by atoms with Gasteiger partial charge in [-0.15, -0.1) is 0 Å². The van der Waals surface area contributed by atoms with Crippen LogP contribution in [0.3, 0.4) is 0 Å². The van der Waals surface area contributed by atoms with E-state index in [1.807, 2.05) is 26.0 Å². The van der Waals surface area contributed by atoms with Gasteiger partial charge in [0, 0.05) is 26.2 Å². The lowest BCUT2D eigenvalue weighted by atomic mass is 9.96. The third-order valence-corrected chi connectivity index (χ3v) is 8.44. The SMILES string of the molecule is COc1ccc(S(=O)(=O)N2CCN(C(c3ccccc3)c3ccccc3)CC2)c(C)c1C. The fourth-order valence-electron chi connectivity index (χ4n) is 4.50. The van der Waals surface area contributed by atoms with Gasteiger partial charge >= 0.3 is 0 Å². The Morgan fingerprint density at radius 3 is 1.78 bits per heavy atom. The van der Waals surface area contributed by atoms with Gasteiger partial charge in [-0.1, -0.05) is 60.7 Å². The first-order valence-electron chi connectivity index (χ1n) is 10.9. The second kappa shape index (κ2) is 9.45. The van der Waals surface area contributed by atoms with Crippen LogP contribution in [-0.4, -0.2) is 50.9 Å². The lowest BCUT2D eigenvalue weighted by Crippen LogP contribution is -2.49. The highest BCUT2D eigenvalue weighted by Gasteiger charge is 2.33. The highest BCUT2D eigenvalue weighted by molar-refractivity contribution is 7.89. The second-order valence-corrected chi connectivity index (χ2v) is 10.1. The van der Waals surface area contributed by atoms with E-state index in [9.17, 15) is 8.42 Å². The molecule has 168 valence electrons. The molecule has 1 aliphatic heterocycles. The van der Waals surface area contributed by atoms with Gasteiger partial charge in [-0.2, -0.15) is 4.31 Å². The van der Waals surface area contributed by atoms with Crippen LogP contribution in [-0.2, 0) is 10.0 Å². The lowest BCUT2D eigenvalue weighted by Gasteiger charge is -2.39. The average Bonchev–Trinajstić information content (AvgIpc) is 2.82. The summed E-state index contributed by atoms with van der Waals surface area (Å²) in [6, 6.07) is 24.4. The van der Waals surface area contributed by atoms with E-state index in [1.54, 1.807) is 23.5 Å². The molecule has 3 aromatic carbocycles. The maximum absolute atomic E-state index is 13.4. The summed E-state index contributed by atoms with van der Waals surface area (Å²) in [5.74, 6) is 0.708. The third-order valence-electron chi connectivity index (χ3n) is 6.39. The molecule has 0 unspecified atom stereocenters. The van der Waals surface area contributed by atoms with E-state index in [0.717, 1.165) is 11.1 Å². The summed E-state index contributed by atoms with van der Waals surface area (Å²) in [4.78, 5) is 2.75. The molecule has 1 heterocycles. The molecule has 0 aromatic heterocycles. The highest BCUT2D eigenvalue weighted by Crippen LogP contribution is 2.32. The third kappa shape index (κ3) is 4.31. The minimum Gasteiger partial charge on any atom is -0.496 e. The minimum atomic E-state index is -3.57. The Kier molecular flexibility index (Phi) is 6.65. The van der Waals surface area contributed by atoms with Gasteiger partial charge < -0.3 is 4.74 Å².